The summed E-state index contributed by atoms with van der Waals surface area (Å²) in [6.45, 7) is 43.9. The lowest BCUT2D eigenvalue weighted by molar-refractivity contribution is 0.432. The fraction of sp³-hybridized carbons (Fsp3) is 0.727. The minimum Gasteiger partial charge on any atom is -0.466 e. The van der Waals surface area contributed by atoms with E-state index in [1.54, 1.807) is 0 Å². The number of hydrogen-bond acceptors (Lipinski definition) is 2. The molecule has 2 aromatic heterocycles. The van der Waals surface area contributed by atoms with E-state index in [0.29, 0.717) is 47.3 Å². The Labute approximate surface area is 294 Å². The average Bonchev–Trinajstić information content (AvgIpc) is 3.62. The predicted octanol–water partition coefficient (Wildman–Crippen LogP) is 15.8. The van der Waals surface area contributed by atoms with Crippen LogP contribution in [0, 0.1) is 47.3 Å². The fourth-order valence-corrected chi connectivity index (χ4v) is 4.44. The molecular formula is C44H80OS. The summed E-state index contributed by atoms with van der Waals surface area (Å²) >= 11 is 1.95. The zero-order valence-electron chi connectivity index (χ0n) is 34.5. The van der Waals surface area contributed by atoms with Crippen molar-refractivity contribution in [3.8, 4) is 11.8 Å². The van der Waals surface area contributed by atoms with Gasteiger partial charge in [-0.1, -0.05) is 163 Å². The largest absolute Gasteiger partial charge is 0.466 e. The van der Waals surface area contributed by atoms with Crippen molar-refractivity contribution in [2.75, 3.05) is 0 Å². The number of hydrogen-bond donors (Lipinski definition) is 0. The maximum absolute atomic E-state index is 5.61. The highest BCUT2D eigenvalue weighted by molar-refractivity contribution is 7.12. The first-order valence-corrected chi connectivity index (χ1v) is 19.3. The SMILES string of the molecule is CC(C)/C=C\C(C)C.CC(C)C#CC(C)C.CC(C)CCC(C)C.CC(C)c1ccc(C(C)C)o1.CC(C)c1ccc(C(C)C)s1. The molecule has 0 aliphatic heterocycles. The number of allylic oxidation sites excluding steroid dienone is 2. The van der Waals surface area contributed by atoms with E-state index in [0.717, 1.165) is 23.4 Å². The second kappa shape index (κ2) is 28.3. The molecule has 0 aliphatic rings. The Balaban J connectivity index is -0.000000508. The zero-order valence-corrected chi connectivity index (χ0v) is 35.3. The molecule has 0 atom stereocenters. The van der Waals surface area contributed by atoms with Crippen molar-refractivity contribution >= 4 is 11.3 Å². The van der Waals surface area contributed by atoms with Crippen molar-refractivity contribution in [3.63, 3.8) is 0 Å². The molecule has 0 spiro atoms. The lowest BCUT2D eigenvalue weighted by Gasteiger charge is -2.05. The highest BCUT2D eigenvalue weighted by atomic mass is 32.1. The number of thiophene rings is 1. The molecule has 46 heavy (non-hydrogen) atoms. The second-order valence-corrected chi connectivity index (χ2v) is 17.1. The van der Waals surface area contributed by atoms with Gasteiger partial charge in [0, 0.05) is 33.4 Å². The van der Waals surface area contributed by atoms with Crippen LogP contribution in [-0.2, 0) is 0 Å². The van der Waals surface area contributed by atoms with E-state index in [9.17, 15) is 0 Å². The number of rotatable bonds is 9. The predicted molar refractivity (Wildman–Crippen MR) is 215 cm³/mol. The van der Waals surface area contributed by atoms with Gasteiger partial charge in [-0.3, -0.25) is 0 Å². The standard InChI is InChI=1S/C10H16O.C10H16S.C8H18.C8H16.C8H14/c2*1-7(2)9-5-6-10(11-9)8(3)4;3*1-7(2)5-6-8(3)4/h2*5-8H,1-4H3;7-8H,5-6H2,1-4H3;5-8H,1-4H3;7-8H,1-4H3/b;;;6-5-;. The first kappa shape index (κ1) is 48.7. The quantitative estimate of drug-likeness (QED) is 0.193. The summed E-state index contributed by atoms with van der Waals surface area (Å²) in [6.07, 6.45) is 7.25. The lowest BCUT2D eigenvalue weighted by Crippen LogP contribution is -1.91. The molecule has 0 radical (unpaired) electrons. The molecule has 0 amide bonds. The zero-order chi connectivity index (χ0) is 36.6. The highest BCUT2D eigenvalue weighted by Crippen LogP contribution is 2.28. The molecular weight excluding hydrogens is 577 g/mol. The van der Waals surface area contributed by atoms with Gasteiger partial charge in [0.2, 0.25) is 0 Å². The van der Waals surface area contributed by atoms with Gasteiger partial charge in [-0.15, -0.1) is 23.2 Å². The molecule has 2 heterocycles. The monoisotopic (exact) mass is 657 g/mol. The van der Waals surface area contributed by atoms with Crippen LogP contribution in [0.5, 0.6) is 0 Å². The van der Waals surface area contributed by atoms with Gasteiger partial charge in [-0.05, 0) is 59.8 Å². The van der Waals surface area contributed by atoms with Gasteiger partial charge in [-0.25, -0.2) is 0 Å². The van der Waals surface area contributed by atoms with Crippen LogP contribution in [0.25, 0.3) is 0 Å². The summed E-state index contributed by atoms with van der Waals surface area (Å²) in [7, 11) is 0. The van der Waals surface area contributed by atoms with Crippen LogP contribution in [0.1, 0.15) is 196 Å². The van der Waals surface area contributed by atoms with Crippen molar-refractivity contribution in [3.05, 3.63) is 57.7 Å². The molecule has 0 bridgehead atoms. The minimum absolute atomic E-state index is 0.502. The number of furan rings is 1. The van der Waals surface area contributed by atoms with Gasteiger partial charge in [0.05, 0.1) is 0 Å². The molecule has 2 rings (SSSR count). The van der Waals surface area contributed by atoms with Crippen LogP contribution < -0.4 is 0 Å². The van der Waals surface area contributed by atoms with Crippen LogP contribution in [-0.4, -0.2) is 0 Å². The molecule has 0 aliphatic carbocycles. The topological polar surface area (TPSA) is 13.1 Å². The normalized spacial score (nSPS) is 11.2. The molecule has 0 N–H and O–H groups in total. The fourth-order valence-electron chi connectivity index (χ4n) is 3.42. The van der Waals surface area contributed by atoms with Crippen molar-refractivity contribution in [1.82, 2.24) is 0 Å². The molecule has 2 aromatic rings. The lowest BCUT2D eigenvalue weighted by atomic mass is 10.0. The Morgan fingerprint density at radius 1 is 0.478 bits per heavy atom. The van der Waals surface area contributed by atoms with Gasteiger partial charge in [0.1, 0.15) is 11.5 Å². The Hall–Kier alpha value is -1.72. The van der Waals surface area contributed by atoms with E-state index in [1.165, 1.54) is 22.6 Å². The molecule has 0 saturated carbocycles. The van der Waals surface area contributed by atoms with E-state index in [1.807, 2.05) is 11.3 Å². The Kier molecular flexibility index (Phi) is 30.0. The maximum atomic E-state index is 5.61. The highest BCUT2D eigenvalue weighted by Gasteiger charge is 2.08. The van der Waals surface area contributed by atoms with Gasteiger partial charge in [0.15, 0.2) is 0 Å². The van der Waals surface area contributed by atoms with Crippen LogP contribution >= 0.6 is 11.3 Å². The van der Waals surface area contributed by atoms with E-state index in [-0.39, 0.29) is 0 Å². The van der Waals surface area contributed by atoms with E-state index in [2.05, 4.69) is 187 Å². The third-order valence-electron chi connectivity index (χ3n) is 6.43. The molecule has 0 saturated heterocycles. The Bertz CT molecular complexity index is 900. The second-order valence-electron chi connectivity index (χ2n) is 15.9. The van der Waals surface area contributed by atoms with Gasteiger partial charge in [0.25, 0.3) is 0 Å². The molecule has 2 heteroatoms. The van der Waals surface area contributed by atoms with Gasteiger partial charge in [-0.2, -0.15) is 0 Å². The average molecular weight is 657 g/mol. The summed E-state index contributed by atoms with van der Waals surface area (Å²) in [6, 6.07) is 8.65. The van der Waals surface area contributed by atoms with Gasteiger partial charge < -0.3 is 4.42 Å². The smallest absolute Gasteiger partial charge is 0.106 e. The third kappa shape index (κ3) is 32.2. The Morgan fingerprint density at radius 2 is 0.783 bits per heavy atom. The third-order valence-corrected chi connectivity index (χ3v) is 8.12. The molecule has 1 nitrogen and oxygen atoms in total. The van der Waals surface area contributed by atoms with E-state index < -0.39 is 0 Å². The van der Waals surface area contributed by atoms with E-state index >= 15 is 0 Å². The van der Waals surface area contributed by atoms with Crippen LogP contribution in [0.15, 0.2) is 40.8 Å². The Morgan fingerprint density at radius 3 is 0.935 bits per heavy atom. The summed E-state index contributed by atoms with van der Waals surface area (Å²) < 4.78 is 5.61. The molecule has 268 valence electrons. The first-order valence-electron chi connectivity index (χ1n) is 18.5. The first-order chi connectivity index (χ1) is 21.1. The van der Waals surface area contributed by atoms with Crippen LogP contribution in [0.3, 0.4) is 0 Å². The summed E-state index contributed by atoms with van der Waals surface area (Å²) in [5, 5.41) is 0. The van der Waals surface area contributed by atoms with Crippen molar-refractivity contribution < 1.29 is 4.42 Å². The summed E-state index contributed by atoms with van der Waals surface area (Å²) in [5.74, 6) is 15.0. The summed E-state index contributed by atoms with van der Waals surface area (Å²) in [4.78, 5) is 3.02. The van der Waals surface area contributed by atoms with E-state index in [4.69, 9.17) is 4.42 Å². The minimum atomic E-state index is 0.502. The molecule has 0 unspecified atom stereocenters. The van der Waals surface area contributed by atoms with Gasteiger partial charge >= 0.3 is 0 Å². The summed E-state index contributed by atoms with van der Waals surface area (Å²) in [5.41, 5.74) is 0. The molecule has 0 aromatic carbocycles. The maximum Gasteiger partial charge on any atom is 0.106 e. The van der Waals surface area contributed by atoms with Crippen molar-refractivity contribution in [2.24, 2.45) is 35.5 Å². The van der Waals surface area contributed by atoms with Crippen LogP contribution in [0.4, 0.5) is 0 Å². The van der Waals surface area contributed by atoms with Crippen molar-refractivity contribution in [1.29, 1.82) is 0 Å². The van der Waals surface area contributed by atoms with Crippen molar-refractivity contribution in [2.45, 2.75) is 175 Å². The molecule has 0 fully saturated rings. The van der Waals surface area contributed by atoms with Crippen LogP contribution in [0.2, 0.25) is 0 Å².